The maximum Gasteiger partial charge on any atom is 0.326 e. The number of primary amides is 1. The van der Waals surface area contributed by atoms with Gasteiger partial charge in [0.25, 0.3) is 0 Å². The molecule has 1 aromatic rings. The number of amides is 7. The van der Waals surface area contributed by atoms with E-state index in [0.29, 0.717) is 24.8 Å². The third-order valence-electron chi connectivity index (χ3n) is 9.86. The number of carbonyl (C=O) groups excluding carboxylic acids is 7. The van der Waals surface area contributed by atoms with Gasteiger partial charge in [0.15, 0.2) is 0 Å². The van der Waals surface area contributed by atoms with Crippen molar-refractivity contribution in [2.24, 2.45) is 35.0 Å². The number of hydrogen-bond acceptors (Lipinski definition) is 12. The molecule has 8 atom stereocenters. The van der Waals surface area contributed by atoms with Crippen molar-refractivity contribution in [2.45, 2.75) is 142 Å². The second-order valence-corrected chi connectivity index (χ2v) is 16.3. The Morgan fingerprint density at radius 2 is 1.03 bits per heavy atom. The summed E-state index contributed by atoms with van der Waals surface area (Å²) in [6.07, 6.45) is -0.523. The molecule has 15 N–H and O–H groups in total. The van der Waals surface area contributed by atoms with Crippen LogP contribution in [0.1, 0.15) is 98.5 Å². The predicted octanol–water partition coefficient (Wildman–Crippen LogP) is -1.13. The summed E-state index contributed by atoms with van der Waals surface area (Å²) in [7, 11) is 0. The first kappa shape index (κ1) is 54.2. The van der Waals surface area contributed by atoms with E-state index in [9.17, 15) is 58.5 Å². The first-order chi connectivity index (χ1) is 29.0. The van der Waals surface area contributed by atoms with Gasteiger partial charge in [-0.3, -0.25) is 38.4 Å². The van der Waals surface area contributed by atoms with Gasteiger partial charge in [-0.25, -0.2) is 4.79 Å². The van der Waals surface area contributed by atoms with E-state index in [1.165, 1.54) is 24.3 Å². The molecule has 7 amide bonds. The van der Waals surface area contributed by atoms with Crippen LogP contribution in [0.5, 0.6) is 5.75 Å². The molecule has 0 saturated heterocycles. The fraction of sp³-hybridized carbons (Fsp3) is 0.634. The van der Waals surface area contributed by atoms with Gasteiger partial charge in [-0.1, -0.05) is 60.1 Å². The van der Waals surface area contributed by atoms with Crippen LogP contribution in [0.15, 0.2) is 24.3 Å². The highest BCUT2D eigenvalue weighted by atomic mass is 16.4. The summed E-state index contributed by atoms with van der Waals surface area (Å²) in [5, 5.41) is 43.8. The molecule has 1 aromatic carbocycles. The maximum absolute atomic E-state index is 14.0. The molecular weight excluding hydrogens is 811 g/mol. The van der Waals surface area contributed by atoms with E-state index in [1.807, 2.05) is 6.92 Å². The maximum atomic E-state index is 14.0. The van der Waals surface area contributed by atoms with E-state index in [1.54, 1.807) is 34.6 Å². The van der Waals surface area contributed by atoms with E-state index in [2.05, 4.69) is 31.9 Å². The second-order valence-electron chi connectivity index (χ2n) is 16.3. The zero-order valence-corrected chi connectivity index (χ0v) is 36.4. The van der Waals surface area contributed by atoms with Crippen molar-refractivity contribution in [1.82, 2.24) is 31.9 Å². The van der Waals surface area contributed by atoms with Gasteiger partial charge in [-0.05, 0) is 74.1 Å². The number of aliphatic carboxylic acids is 2. The minimum atomic E-state index is -1.84. The molecule has 0 aliphatic heterocycles. The van der Waals surface area contributed by atoms with Crippen LogP contribution in [-0.2, 0) is 49.6 Å². The molecular formula is C41H67N9O12. The van der Waals surface area contributed by atoms with Crippen LogP contribution < -0.4 is 49.1 Å². The Morgan fingerprint density at radius 3 is 1.52 bits per heavy atom. The molecule has 1 rings (SSSR count). The van der Waals surface area contributed by atoms with Crippen LogP contribution in [0.25, 0.3) is 0 Å². The number of aromatic hydroxyl groups is 1. The highest BCUT2D eigenvalue weighted by Gasteiger charge is 2.35. The van der Waals surface area contributed by atoms with Crippen LogP contribution in [0.2, 0.25) is 0 Å². The Hall–Kier alpha value is -5.83. The number of rotatable bonds is 29. The van der Waals surface area contributed by atoms with Gasteiger partial charge in [0.05, 0.1) is 18.9 Å². The molecule has 0 aromatic heterocycles. The van der Waals surface area contributed by atoms with Gasteiger partial charge in [0.2, 0.25) is 41.4 Å². The lowest BCUT2D eigenvalue weighted by molar-refractivity contribution is -0.143. The molecule has 21 nitrogen and oxygen atoms in total. The van der Waals surface area contributed by atoms with E-state index in [4.69, 9.17) is 17.2 Å². The zero-order chi connectivity index (χ0) is 47.3. The van der Waals surface area contributed by atoms with Gasteiger partial charge in [-0.15, -0.1) is 0 Å². The Balaban J connectivity index is 3.52. The van der Waals surface area contributed by atoms with Crippen molar-refractivity contribution < 1.29 is 58.5 Å². The molecule has 0 heterocycles. The minimum absolute atomic E-state index is 0.0338. The number of nitrogens with two attached hydrogens (primary N) is 3. The van der Waals surface area contributed by atoms with Crippen LogP contribution in [0.3, 0.4) is 0 Å². The molecule has 0 radical (unpaired) electrons. The number of carboxylic acids is 2. The van der Waals surface area contributed by atoms with Crippen LogP contribution in [0, 0.1) is 17.8 Å². The molecule has 0 aliphatic rings. The van der Waals surface area contributed by atoms with Crippen molar-refractivity contribution in [1.29, 1.82) is 0 Å². The van der Waals surface area contributed by atoms with E-state index in [0.717, 1.165) is 0 Å². The van der Waals surface area contributed by atoms with Gasteiger partial charge in [-0.2, -0.15) is 0 Å². The van der Waals surface area contributed by atoms with E-state index < -0.39 is 108 Å². The number of nitrogens with one attached hydrogen (secondary N) is 6. The standard InChI is InChI=1S/C41H67N9O12/c1-7-23(6)34(44)40(60)49-27(16-21(2)3)36(56)48-30(20-33(53)54)39(59)47-29(19-32(43)52)38(58)46-28(18-24-11-13-25(51)14-12-24)37(57)45-26(10-8-9-15-42)35(55)50-31(41(61)62)17-22(4)5/h11-14,21-23,26-31,34,51H,7-10,15-20,42,44H2,1-6H3,(H2,43,52)(H,45,57)(H,46,58)(H,47,59)(H,48,56)(H,49,60)(H,50,55)(H,53,54)(H,61,62)/t23-,26-,27-,28-,29-,30-,31-,34-/m0/s1. The van der Waals surface area contributed by atoms with Gasteiger partial charge in [0, 0.05) is 6.42 Å². The molecule has 21 heteroatoms. The predicted molar refractivity (Wildman–Crippen MR) is 226 cm³/mol. The summed E-state index contributed by atoms with van der Waals surface area (Å²) in [5.74, 6) is -10.2. The summed E-state index contributed by atoms with van der Waals surface area (Å²) in [6, 6.07) is -4.44. The molecule has 0 saturated carbocycles. The molecule has 0 fully saturated rings. The van der Waals surface area contributed by atoms with Crippen molar-refractivity contribution in [2.75, 3.05) is 6.54 Å². The Labute approximate surface area is 361 Å². The van der Waals surface area contributed by atoms with Gasteiger partial charge < -0.3 is 64.4 Å². The quantitative estimate of drug-likeness (QED) is 0.0424. The first-order valence-corrected chi connectivity index (χ1v) is 20.8. The average molecular weight is 878 g/mol. The normalized spacial score (nSPS) is 15.1. The number of carboxylic acid groups (broad SMARTS) is 2. The summed E-state index contributed by atoms with van der Waals surface area (Å²) >= 11 is 0. The number of unbranched alkanes of at least 4 members (excludes halogenated alkanes) is 1. The van der Waals surface area contributed by atoms with Crippen LogP contribution in [-0.4, -0.2) is 117 Å². The Bertz CT molecular complexity index is 1690. The highest BCUT2D eigenvalue weighted by Crippen LogP contribution is 2.14. The number of phenolic OH excluding ortho intramolecular Hbond substituents is 1. The van der Waals surface area contributed by atoms with Crippen LogP contribution >= 0.6 is 0 Å². The third-order valence-corrected chi connectivity index (χ3v) is 9.86. The molecule has 0 unspecified atom stereocenters. The summed E-state index contributed by atoms with van der Waals surface area (Å²) in [5.41, 5.74) is 17.5. The summed E-state index contributed by atoms with van der Waals surface area (Å²) < 4.78 is 0. The number of carbonyl (C=O) groups is 9. The molecule has 0 bridgehead atoms. The smallest absolute Gasteiger partial charge is 0.326 e. The minimum Gasteiger partial charge on any atom is -0.508 e. The number of benzene rings is 1. The average Bonchev–Trinajstić information content (AvgIpc) is 3.18. The molecule has 348 valence electrons. The Kier molecular flexibility index (Phi) is 23.8. The van der Waals surface area contributed by atoms with Crippen molar-refractivity contribution in [3.05, 3.63) is 29.8 Å². The molecule has 62 heavy (non-hydrogen) atoms. The second kappa shape index (κ2) is 27.2. The summed E-state index contributed by atoms with van der Waals surface area (Å²) in [6.45, 7) is 10.9. The van der Waals surface area contributed by atoms with Gasteiger partial charge >= 0.3 is 11.9 Å². The van der Waals surface area contributed by atoms with E-state index in [-0.39, 0.29) is 55.7 Å². The zero-order valence-electron chi connectivity index (χ0n) is 36.4. The van der Waals surface area contributed by atoms with Crippen LogP contribution in [0.4, 0.5) is 0 Å². The molecule has 0 spiro atoms. The van der Waals surface area contributed by atoms with Crippen molar-refractivity contribution in [3.8, 4) is 5.75 Å². The monoisotopic (exact) mass is 877 g/mol. The third kappa shape index (κ3) is 20.2. The topological polar surface area (TPSA) is 365 Å². The Morgan fingerprint density at radius 1 is 0.597 bits per heavy atom. The first-order valence-electron chi connectivity index (χ1n) is 20.8. The fourth-order valence-corrected chi connectivity index (χ4v) is 6.17. The lowest BCUT2D eigenvalue weighted by Gasteiger charge is -2.28. The SMILES string of the molecule is CC[C@H](C)[C@H](N)C(=O)N[C@@H](CC(C)C)C(=O)N[C@@H](CC(=O)O)C(=O)N[C@@H](CC(N)=O)C(=O)N[C@@H](Cc1ccc(O)cc1)C(=O)N[C@@H](CCCCN)C(=O)N[C@@H](CC(C)C)C(=O)O. The van der Waals surface area contributed by atoms with Crippen molar-refractivity contribution >= 4 is 53.3 Å². The lowest BCUT2D eigenvalue weighted by Crippen LogP contribution is -2.61. The number of phenols is 1. The van der Waals surface area contributed by atoms with Crippen molar-refractivity contribution in [3.63, 3.8) is 0 Å². The highest BCUT2D eigenvalue weighted by molar-refractivity contribution is 5.99. The lowest BCUT2D eigenvalue weighted by atomic mass is 9.97. The van der Waals surface area contributed by atoms with Gasteiger partial charge in [0.1, 0.15) is 42.0 Å². The fourth-order valence-electron chi connectivity index (χ4n) is 6.17. The van der Waals surface area contributed by atoms with E-state index >= 15 is 0 Å². The largest absolute Gasteiger partial charge is 0.508 e. The number of hydrogen-bond donors (Lipinski definition) is 12. The summed E-state index contributed by atoms with van der Waals surface area (Å²) in [4.78, 5) is 118. The molecule has 0 aliphatic carbocycles.